The van der Waals surface area contributed by atoms with E-state index in [-0.39, 0.29) is 12.4 Å². The number of aliphatic hydroxyl groups is 1. The van der Waals surface area contributed by atoms with Gasteiger partial charge in [0.1, 0.15) is 5.82 Å². The van der Waals surface area contributed by atoms with Gasteiger partial charge in [0.2, 0.25) is 0 Å². The third-order valence-corrected chi connectivity index (χ3v) is 2.92. The van der Waals surface area contributed by atoms with Crippen LogP contribution < -0.4 is 5.32 Å². The van der Waals surface area contributed by atoms with Crippen molar-refractivity contribution in [2.45, 2.75) is 12.6 Å². The monoisotopic (exact) mass is 279 g/mol. The molecule has 0 bridgehead atoms. The van der Waals surface area contributed by atoms with Crippen molar-refractivity contribution in [1.29, 1.82) is 0 Å². The van der Waals surface area contributed by atoms with Gasteiger partial charge in [-0.25, -0.2) is 4.39 Å². The topological polar surface area (TPSA) is 70.2 Å². The van der Waals surface area contributed by atoms with Gasteiger partial charge in [0.05, 0.1) is 24.6 Å². The summed E-state index contributed by atoms with van der Waals surface area (Å²) >= 11 is 0. The van der Waals surface area contributed by atoms with E-state index in [2.05, 4.69) is 15.5 Å². The van der Waals surface area contributed by atoms with Gasteiger partial charge in [-0.3, -0.25) is 5.10 Å². The highest BCUT2D eigenvalue weighted by molar-refractivity contribution is 5.63. The second-order valence-corrected chi connectivity index (χ2v) is 4.49. The Morgan fingerprint density at radius 2 is 2.25 bits per heavy atom. The van der Waals surface area contributed by atoms with Gasteiger partial charge in [-0.15, -0.1) is 0 Å². The van der Waals surface area contributed by atoms with Crippen LogP contribution in [0.25, 0.3) is 11.3 Å². The molecule has 2 rings (SSSR count). The van der Waals surface area contributed by atoms with Crippen LogP contribution in [0.5, 0.6) is 0 Å². The van der Waals surface area contributed by atoms with E-state index in [1.54, 1.807) is 24.4 Å². The molecule has 3 N–H and O–H groups in total. The van der Waals surface area contributed by atoms with Gasteiger partial charge in [0.15, 0.2) is 0 Å². The Bertz CT molecular complexity index is 545. The van der Waals surface area contributed by atoms with Crippen LogP contribution in [-0.4, -0.2) is 41.7 Å². The molecule has 0 spiro atoms. The molecule has 1 aromatic heterocycles. The summed E-state index contributed by atoms with van der Waals surface area (Å²) in [5.41, 5.74) is 1.98. The van der Waals surface area contributed by atoms with E-state index in [1.807, 2.05) is 0 Å². The molecule has 5 nitrogen and oxygen atoms in total. The Hall–Kier alpha value is -1.76. The van der Waals surface area contributed by atoms with Crippen LogP contribution >= 0.6 is 0 Å². The molecule has 0 aliphatic rings. The second kappa shape index (κ2) is 7.14. The third-order valence-electron chi connectivity index (χ3n) is 2.92. The third kappa shape index (κ3) is 3.63. The molecule has 0 saturated heterocycles. The van der Waals surface area contributed by atoms with E-state index in [0.29, 0.717) is 24.3 Å². The molecule has 1 unspecified atom stereocenters. The SMILES string of the molecule is COCC(O)CNCc1cn[nH]c1-c1ccccc1F. The van der Waals surface area contributed by atoms with Crippen molar-refractivity contribution in [3.63, 3.8) is 0 Å². The maximum atomic E-state index is 13.8. The van der Waals surface area contributed by atoms with Crippen molar-refractivity contribution in [2.75, 3.05) is 20.3 Å². The molecule has 6 heteroatoms. The second-order valence-electron chi connectivity index (χ2n) is 4.49. The van der Waals surface area contributed by atoms with Gasteiger partial charge < -0.3 is 15.2 Å². The van der Waals surface area contributed by atoms with E-state index >= 15 is 0 Å². The van der Waals surface area contributed by atoms with Gasteiger partial charge >= 0.3 is 0 Å². The average molecular weight is 279 g/mol. The first-order chi connectivity index (χ1) is 9.72. The van der Waals surface area contributed by atoms with Crippen LogP contribution in [0.3, 0.4) is 0 Å². The number of halogens is 1. The molecule has 108 valence electrons. The first-order valence-corrected chi connectivity index (χ1v) is 6.37. The van der Waals surface area contributed by atoms with Crippen molar-refractivity contribution in [2.24, 2.45) is 0 Å². The molecule has 2 aromatic rings. The number of nitrogens with zero attached hydrogens (tertiary/aromatic N) is 1. The lowest BCUT2D eigenvalue weighted by molar-refractivity contribution is 0.0644. The van der Waals surface area contributed by atoms with Gasteiger partial charge in [-0.1, -0.05) is 12.1 Å². The van der Waals surface area contributed by atoms with Gasteiger partial charge in [-0.05, 0) is 12.1 Å². The number of H-pyrrole nitrogens is 1. The predicted octanol–water partition coefficient (Wildman–Crippen LogP) is 1.31. The minimum atomic E-state index is -0.566. The Morgan fingerprint density at radius 3 is 3.00 bits per heavy atom. The smallest absolute Gasteiger partial charge is 0.132 e. The Morgan fingerprint density at radius 1 is 1.45 bits per heavy atom. The first kappa shape index (κ1) is 14.6. The van der Waals surface area contributed by atoms with Crippen LogP contribution in [0, 0.1) is 5.82 Å². The van der Waals surface area contributed by atoms with E-state index in [9.17, 15) is 9.50 Å². The fourth-order valence-corrected chi connectivity index (χ4v) is 1.97. The molecular weight excluding hydrogens is 261 g/mol. The molecular formula is C14H18FN3O2. The number of hydrogen-bond acceptors (Lipinski definition) is 4. The molecule has 1 atom stereocenters. The first-order valence-electron chi connectivity index (χ1n) is 6.37. The lowest BCUT2D eigenvalue weighted by Crippen LogP contribution is -2.29. The summed E-state index contributed by atoms with van der Waals surface area (Å²) in [4.78, 5) is 0. The number of nitrogens with one attached hydrogen (secondary N) is 2. The zero-order chi connectivity index (χ0) is 14.4. The van der Waals surface area contributed by atoms with E-state index in [0.717, 1.165) is 5.56 Å². The standard InChI is InChI=1S/C14H18FN3O2/c1-20-9-11(19)8-16-6-10-7-17-18-14(10)12-4-2-3-5-13(12)15/h2-5,7,11,16,19H,6,8-9H2,1H3,(H,17,18). The molecule has 0 fully saturated rings. The maximum Gasteiger partial charge on any atom is 0.132 e. The van der Waals surface area contributed by atoms with Crippen LogP contribution in [0.2, 0.25) is 0 Å². The van der Waals surface area contributed by atoms with Gasteiger partial charge in [-0.2, -0.15) is 5.10 Å². The average Bonchev–Trinajstić information content (AvgIpc) is 2.88. The Balaban J connectivity index is 2.01. The number of ether oxygens (including phenoxy) is 1. The largest absolute Gasteiger partial charge is 0.389 e. The molecule has 0 aliphatic heterocycles. The summed E-state index contributed by atoms with van der Waals surface area (Å²) in [7, 11) is 1.54. The fourth-order valence-electron chi connectivity index (χ4n) is 1.97. The van der Waals surface area contributed by atoms with E-state index < -0.39 is 6.10 Å². The number of aliphatic hydroxyl groups excluding tert-OH is 1. The highest BCUT2D eigenvalue weighted by Crippen LogP contribution is 2.23. The fraction of sp³-hybridized carbons (Fsp3) is 0.357. The quantitative estimate of drug-likeness (QED) is 0.715. The van der Waals surface area contributed by atoms with Crippen molar-refractivity contribution in [3.8, 4) is 11.3 Å². The zero-order valence-electron chi connectivity index (χ0n) is 11.3. The van der Waals surface area contributed by atoms with E-state index in [1.165, 1.54) is 13.2 Å². The van der Waals surface area contributed by atoms with Crippen LogP contribution in [-0.2, 0) is 11.3 Å². The normalized spacial score (nSPS) is 12.6. The van der Waals surface area contributed by atoms with Crippen molar-refractivity contribution >= 4 is 0 Å². The number of hydrogen-bond donors (Lipinski definition) is 3. The summed E-state index contributed by atoms with van der Waals surface area (Å²) < 4.78 is 18.6. The minimum absolute atomic E-state index is 0.276. The molecule has 1 heterocycles. The molecule has 0 aliphatic carbocycles. The van der Waals surface area contributed by atoms with Crippen LogP contribution in [0.15, 0.2) is 30.5 Å². The maximum absolute atomic E-state index is 13.8. The van der Waals surface area contributed by atoms with Crippen molar-refractivity contribution in [3.05, 3.63) is 41.8 Å². The number of methoxy groups -OCH3 is 1. The van der Waals surface area contributed by atoms with Gasteiger partial charge in [0.25, 0.3) is 0 Å². The molecule has 1 aromatic carbocycles. The Kier molecular flexibility index (Phi) is 5.23. The summed E-state index contributed by atoms with van der Waals surface area (Å²) in [6.45, 7) is 1.16. The van der Waals surface area contributed by atoms with Gasteiger partial charge in [0, 0.05) is 31.3 Å². The number of aromatic amines is 1. The molecule has 0 saturated carbocycles. The minimum Gasteiger partial charge on any atom is -0.389 e. The molecule has 0 amide bonds. The van der Waals surface area contributed by atoms with Crippen molar-refractivity contribution < 1.29 is 14.2 Å². The van der Waals surface area contributed by atoms with Crippen LogP contribution in [0.1, 0.15) is 5.56 Å². The Labute approximate surface area is 116 Å². The molecule has 20 heavy (non-hydrogen) atoms. The predicted molar refractivity (Wildman–Crippen MR) is 73.6 cm³/mol. The highest BCUT2D eigenvalue weighted by Gasteiger charge is 2.11. The number of benzene rings is 1. The van der Waals surface area contributed by atoms with Crippen LogP contribution in [0.4, 0.5) is 4.39 Å². The van der Waals surface area contributed by atoms with E-state index in [4.69, 9.17) is 4.74 Å². The summed E-state index contributed by atoms with van der Waals surface area (Å²) in [5.74, 6) is -0.294. The lowest BCUT2D eigenvalue weighted by Gasteiger charge is -2.11. The summed E-state index contributed by atoms with van der Waals surface area (Å²) in [5, 5.41) is 19.4. The number of rotatable bonds is 7. The molecule has 0 radical (unpaired) electrons. The van der Waals surface area contributed by atoms with Crippen molar-refractivity contribution in [1.82, 2.24) is 15.5 Å². The number of aromatic nitrogens is 2. The highest BCUT2D eigenvalue weighted by atomic mass is 19.1. The lowest BCUT2D eigenvalue weighted by atomic mass is 10.1. The summed E-state index contributed by atoms with van der Waals surface area (Å²) in [6.07, 6.45) is 1.08. The zero-order valence-corrected chi connectivity index (χ0v) is 11.3. The summed E-state index contributed by atoms with van der Waals surface area (Å²) in [6, 6.07) is 6.54.